The minimum atomic E-state index is 0.909. The summed E-state index contributed by atoms with van der Waals surface area (Å²) in [4.78, 5) is 0. The van der Waals surface area contributed by atoms with Crippen LogP contribution in [0.15, 0.2) is 0 Å². The summed E-state index contributed by atoms with van der Waals surface area (Å²) in [5.41, 5.74) is 0. The molecule has 0 aliphatic rings. The monoisotopic (exact) mass is 254 g/mol. The Balaban J connectivity index is 3.84. The van der Waals surface area contributed by atoms with E-state index < -0.39 is 0 Å². The van der Waals surface area contributed by atoms with Gasteiger partial charge in [0.15, 0.2) is 0 Å². The van der Waals surface area contributed by atoms with Crippen LogP contribution in [0.4, 0.5) is 0 Å². The Labute approximate surface area is 117 Å². The van der Waals surface area contributed by atoms with Crippen LogP contribution in [-0.2, 0) is 0 Å². The first-order valence-corrected chi connectivity index (χ1v) is 8.54. The first-order valence-electron chi connectivity index (χ1n) is 8.54. The largest absolute Gasteiger partial charge is 0.0654 e. The minimum absolute atomic E-state index is 0.909. The molecule has 0 saturated carbocycles. The number of hydrogen-bond donors (Lipinski definition) is 0. The van der Waals surface area contributed by atoms with Crippen molar-refractivity contribution in [2.75, 3.05) is 0 Å². The van der Waals surface area contributed by atoms with Gasteiger partial charge in [0.1, 0.15) is 0 Å². The first-order chi connectivity index (χ1) is 8.54. The molecular weight excluding hydrogens is 216 g/mol. The SMILES string of the molecule is CCCC(CC)CCC(C)CC(C)C(C)CCC. The second-order valence-corrected chi connectivity index (χ2v) is 6.72. The van der Waals surface area contributed by atoms with Crippen molar-refractivity contribution in [2.45, 2.75) is 92.9 Å². The molecule has 0 aliphatic carbocycles. The van der Waals surface area contributed by atoms with Crippen LogP contribution < -0.4 is 0 Å². The van der Waals surface area contributed by atoms with Gasteiger partial charge in [0.25, 0.3) is 0 Å². The van der Waals surface area contributed by atoms with Gasteiger partial charge >= 0.3 is 0 Å². The fourth-order valence-corrected chi connectivity index (χ4v) is 3.21. The maximum absolute atomic E-state index is 2.47. The van der Waals surface area contributed by atoms with E-state index in [1.807, 2.05) is 0 Å². The molecule has 4 atom stereocenters. The molecule has 110 valence electrons. The summed E-state index contributed by atoms with van der Waals surface area (Å²) in [5.74, 6) is 3.73. The van der Waals surface area contributed by atoms with Gasteiger partial charge in [-0.2, -0.15) is 0 Å². The molecule has 18 heavy (non-hydrogen) atoms. The Morgan fingerprint density at radius 3 is 1.78 bits per heavy atom. The van der Waals surface area contributed by atoms with Crippen LogP contribution in [0.3, 0.4) is 0 Å². The van der Waals surface area contributed by atoms with Crippen molar-refractivity contribution in [3.63, 3.8) is 0 Å². The Morgan fingerprint density at radius 2 is 1.28 bits per heavy atom. The zero-order valence-corrected chi connectivity index (χ0v) is 14.0. The lowest BCUT2D eigenvalue weighted by Crippen LogP contribution is -2.12. The highest BCUT2D eigenvalue weighted by molar-refractivity contribution is 4.67. The second kappa shape index (κ2) is 10.9. The van der Waals surface area contributed by atoms with Gasteiger partial charge in [0, 0.05) is 0 Å². The zero-order chi connectivity index (χ0) is 14.0. The van der Waals surface area contributed by atoms with Crippen molar-refractivity contribution in [3.8, 4) is 0 Å². The van der Waals surface area contributed by atoms with Crippen molar-refractivity contribution in [3.05, 3.63) is 0 Å². The molecule has 0 heteroatoms. The van der Waals surface area contributed by atoms with Crippen LogP contribution >= 0.6 is 0 Å². The quantitative estimate of drug-likeness (QED) is 0.385. The second-order valence-electron chi connectivity index (χ2n) is 6.72. The summed E-state index contributed by atoms with van der Waals surface area (Å²) in [6, 6.07) is 0. The summed E-state index contributed by atoms with van der Waals surface area (Å²) in [6.07, 6.45) is 11.3. The standard InChI is InChI=1S/C18H38/c1-7-10-16(5)17(6)14-15(4)12-13-18(9-3)11-8-2/h15-18H,7-14H2,1-6H3. The van der Waals surface area contributed by atoms with E-state index in [1.165, 1.54) is 51.4 Å². The predicted molar refractivity (Wildman–Crippen MR) is 84.9 cm³/mol. The number of hydrogen-bond acceptors (Lipinski definition) is 0. The third-order valence-corrected chi connectivity index (χ3v) is 4.83. The summed E-state index contributed by atoms with van der Waals surface area (Å²) in [5, 5.41) is 0. The first kappa shape index (κ1) is 18.0. The van der Waals surface area contributed by atoms with E-state index >= 15 is 0 Å². The van der Waals surface area contributed by atoms with E-state index in [2.05, 4.69) is 41.5 Å². The van der Waals surface area contributed by atoms with Gasteiger partial charge in [-0.1, -0.05) is 86.5 Å². The highest BCUT2D eigenvalue weighted by Crippen LogP contribution is 2.28. The molecule has 0 nitrogen and oxygen atoms in total. The summed E-state index contributed by atoms with van der Waals surface area (Å²) in [7, 11) is 0. The van der Waals surface area contributed by atoms with Crippen LogP contribution in [0, 0.1) is 23.7 Å². The fraction of sp³-hybridized carbons (Fsp3) is 1.00. The lowest BCUT2D eigenvalue weighted by atomic mass is 9.82. The van der Waals surface area contributed by atoms with E-state index in [1.54, 1.807) is 0 Å². The Morgan fingerprint density at radius 1 is 0.667 bits per heavy atom. The van der Waals surface area contributed by atoms with E-state index in [-0.39, 0.29) is 0 Å². The minimum Gasteiger partial charge on any atom is -0.0654 e. The molecule has 0 heterocycles. The Hall–Kier alpha value is 0. The van der Waals surface area contributed by atoms with Crippen LogP contribution in [-0.4, -0.2) is 0 Å². The third-order valence-electron chi connectivity index (χ3n) is 4.83. The van der Waals surface area contributed by atoms with Crippen molar-refractivity contribution >= 4 is 0 Å². The third kappa shape index (κ3) is 8.16. The van der Waals surface area contributed by atoms with Gasteiger partial charge in [-0.3, -0.25) is 0 Å². The Bertz CT molecular complexity index is 173. The van der Waals surface area contributed by atoms with E-state index in [4.69, 9.17) is 0 Å². The van der Waals surface area contributed by atoms with Gasteiger partial charge in [0.05, 0.1) is 0 Å². The predicted octanol–water partition coefficient (Wildman–Crippen LogP) is 6.69. The van der Waals surface area contributed by atoms with Crippen LogP contribution in [0.2, 0.25) is 0 Å². The zero-order valence-electron chi connectivity index (χ0n) is 14.0. The molecule has 0 aromatic carbocycles. The summed E-state index contributed by atoms with van der Waals surface area (Å²) >= 11 is 0. The number of rotatable bonds is 11. The molecule has 0 radical (unpaired) electrons. The van der Waals surface area contributed by atoms with Crippen molar-refractivity contribution in [1.82, 2.24) is 0 Å². The van der Waals surface area contributed by atoms with Crippen molar-refractivity contribution in [1.29, 1.82) is 0 Å². The van der Waals surface area contributed by atoms with Gasteiger partial charge in [-0.05, 0) is 30.1 Å². The van der Waals surface area contributed by atoms with Crippen molar-refractivity contribution < 1.29 is 0 Å². The molecule has 0 aromatic rings. The summed E-state index contributed by atoms with van der Waals surface area (Å²) < 4.78 is 0. The average molecular weight is 255 g/mol. The molecule has 0 aromatic heterocycles. The maximum Gasteiger partial charge on any atom is -0.0414 e. The lowest BCUT2D eigenvalue weighted by molar-refractivity contribution is 0.275. The van der Waals surface area contributed by atoms with Crippen molar-refractivity contribution in [2.24, 2.45) is 23.7 Å². The van der Waals surface area contributed by atoms with Gasteiger partial charge in [-0.25, -0.2) is 0 Å². The smallest absolute Gasteiger partial charge is 0.0414 e. The average Bonchev–Trinajstić information content (AvgIpc) is 2.34. The van der Waals surface area contributed by atoms with Gasteiger partial charge < -0.3 is 0 Å². The van der Waals surface area contributed by atoms with Crippen LogP contribution in [0.5, 0.6) is 0 Å². The molecule has 4 unspecified atom stereocenters. The molecular formula is C18H38. The molecule has 0 spiro atoms. The molecule has 0 bridgehead atoms. The normalized spacial score (nSPS) is 18.3. The fourth-order valence-electron chi connectivity index (χ4n) is 3.21. The van der Waals surface area contributed by atoms with Gasteiger partial charge in [0.2, 0.25) is 0 Å². The summed E-state index contributed by atoms with van der Waals surface area (Å²) in [6.45, 7) is 14.3. The molecule has 0 fully saturated rings. The maximum atomic E-state index is 2.47. The highest BCUT2D eigenvalue weighted by atomic mass is 14.2. The van der Waals surface area contributed by atoms with E-state index in [0.717, 1.165) is 23.7 Å². The highest BCUT2D eigenvalue weighted by Gasteiger charge is 2.16. The topological polar surface area (TPSA) is 0 Å². The molecule has 0 saturated heterocycles. The molecule has 0 rings (SSSR count). The van der Waals surface area contributed by atoms with Gasteiger partial charge in [-0.15, -0.1) is 0 Å². The van der Waals surface area contributed by atoms with E-state index in [9.17, 15) is 0 Å². The van der Waals surface area contributed by atoms with E-state index in [0.29, 0.717) is 0 Å². The van der Waals surface area contributed by atoms with Crippen LogP contribution in [0.1, 0.15) is 92.9 Å². The Kier molecular flexibility index (Phi) is 10.9. The molecule has 0 aliphatic heterocycles. The molecule has 0 N–H and O–H groups in total. The molecule has 0 amide bonds. The van der Waals surface area contributed by atoms with Crippen LogP contribution in [0.25, 0.3) is 0 Å². The lowest BCUT2D eigenvalue weighted by Gasteiger charge is -2.24.